The molecule has 0 radical (unpaired) electrons. The van der Waals surface area contributed by atoms with E-state index >= 15 is 0 Å². The van der Waals surface area contributed by atoms with Gasteiger partial charge in [0.05, 0.1) is 11.2 Å². The Hall–Kier alpha value is -0.160. The van der Waals surface area contributed by atoms with E-state index in [9.17, 15) is 0 Å². The van der Waals surface area contributed by atoms with Crippen molar-refractivity contribution in [3.8, 4) is 0 Å². The summed E-state index contributed by atoms with van der Waals surface area (Å²) in [5.41, 5.74) is -0.0704. The Morgan fingerprint density at radius 1 is 1.16 bits per heavy atom. The number of nitrogens with zero attached hydrogens (tertiary/aromatic N) is 2. The van der Waals surface area contributed by atoms with Crippen LogP contribution >= 0.6 is 0 Å². The molecule has 2 atom stereocenters. The molecule has 0 aromatic rings. The lowest BCUT2D eigenvalue weighted by molar-refractivity contribution is -0.0701. The molecule has 0 spiro atoms. The van der Waals surface area contributed by atoms with Crippen LogP contribution in [0.1, 0.15) is 34.1 Å². The Morgan fingerprint density at radius 3 is 2.42 bits per heavy atom. The lowest BCUT2D eigenvalue weighted by Crippen LogP contribution is -2.56. The largest absolute Gasteiger partial charge is 0.368 e. The summed E-state index contributed by atoms with van der Waals surface area (Å²) < 4.78 is 6.15. The molecule has 1 N–H and O–H groups in total. The fraction of sp³-hybridized carbons (Fsp3) is 1.00. The average Bonchev–Trinajstić information content (AvgIpc) is 2.48. The van der Waals surface area contributed by atoms with Gasteiger partial charge in [0, 0.05) is 38.3 Å². The monoisotopic (exact) mass is 269 g/mol. The lowest BCUT2D eigenvalue weighted by Gasteiger charge is -2.39. The van der Waals surface area contributed by atoms with Gasteiger partial charge < -0.3 is 15.0 Å². The maximum atomic E-state index is 6.15. The fourth-order valence-electron chi connectivity index (χ4n) is 3.48. The van der Waals surface area contributed by atoms with E-state index < -0.39 is 0 Å². The van der Waals surface area contributed by atoms with Gasteiger partial charge in [-0.3, -0.25) is 4.90 Å². The van der Waals surface area contributed by atoms with Crippen molar-refractivity contribution < 1.29 is 4.74 Å². The van der Waals surface area contributed by atoms with E-state index in [0.29, 0.717) is 12.1 Å². The van der Waals surface area contributed by atoms with E-state index in [1.165, 1.54) is 13.1 Å². The van der Waals surface area contributed by atoms with Crippen LogP contribution in [0.25, 0.3) is 0 Å². The molecule has 0 aliphatic carbocycles. The first kappa shape index (κ1) is 15.2. The number of rotatable bonds is 3. The van der Waals surface area contributed by atoms with Crippen molar-refractivity contribution in [2.45, 2.75) is 57.4 Å². The third-order valence-corrected chi connectivity index (χ3v) is 4.65. The van der Waals surface area contributed by atoms with E-state index in [4.69, 9.17) is 4.74 Å². The number of nitrogens with one attached hydrogen (secondary N) is 1. The second kappa shape index (κ2) is 5.32. The molecule has 112 valence electrons. The summed E-state index contributed by atoms with van der Waals surface area (Å²) in [5.74, 6) is 0. The van der Waals surface area contributed by atoms with Gasteiger partial charge in [-0.25, -0.2) is 0 Å². The van der Waals surface area contributed by atoms with E-state index in [1.807, 2.05) is 0 Å². The molecule has 19 heavy (non-hydrogen) atoms. The summed E-state index contributed by atoms with van der Waals surface area (Å²) >= 11 is 0. The number of hydrogen-bond acceptors (Lipinski definition) is 4. The second-order valence-electron chi connectivity index (χ2n) is 7.53. The molecule has 2 unspecified atom stereocenters. The molecule has 2 rings (SSSR count). The van der Waals surface area contributed by atoms with Crippen LogP contribution in [-0.4, -0.2) is 73.4 Å². The maximum Gasteiger partial charge on any atom is 0.0787 e. The van der Waals surface area contributed by atoms with E-state index in [1.54, 1.807) is 0 Å². The zero-order chi connectivity index (χ0) is 14.3. The summed E-state index contributed by atoms with van der Waals surface area (Å²) in [4.78, 5) is 4.90. The van der Waals surface area contributed by atoms with Crippen LogP contribution in [0.3, 0.4) is 0 Å². The first-order valence-corrected chi connectivity index (χ1v) is 7.52. The molecular formula is C15H31N3O. The second-order valence-corrected chi connectivity index (χ2v) is 7.53. The Balaban J connectivity index is 1.88. The third-order valence-electron chi connectivity index (χ3n) is 4.65. The van der Waals surface area contributed by atoms with Gasteiger partial charge >= 0.3 is 0 Å². The van der Waals surface area contributed by atoms with Crippen molar-refractivity contribution in [2.24, 2.45) is 0 Å². The Labute approximate surface area is 118 Å². The van der Waals surface area contributed by atoms with E-state index in [2.05, 4.69) is 56.9 Å². The van der Waals surface area contributed by atoms with Gasteiger partial charge in [0.2, 0.25) is 0 Å². The van der Waals surface area contributed by atoms with Crippen molar-refractivity contribution in [1.29, 1.82) is 0 Å². The number of ether oxygens (including phenoxy) is 1. The van der Waals surface area contributed by atoms with Crippen molar-refractivity contribution >= 4 is 0 Å². The highest BCUT2D eigenvalue weighted by atomic mass is 16.5. The van der Waals surface area contributed by atoms with Gasteiger partial charge in [-0.15, -0.1) is 0 Å². The predicted octanol–water partition coefficient (Wildman–Crippen LogP) is 1.17. The summed E-state index contributed by atoms with van der Waals surface area (Å²) in [7, 11) is 4.45. The summed E-state index contributed by atoms with van der Waals surface area (Å²) in [6, 6.07) is 1.06. The standard InChI is InChI=1S/C15H31N3O/c1-14(2)9-13(15(3,4)19-14)16-10-12-11-17(5)7-8-18(12)6/h12-13,16H,7-11H2,1-6H3. The van der Waals surface area contributed by atoms with E-state index in [0.717, 1.165) is 19.5 Å². The topological polar surface area (TPSA) is 27.7 Å². The highest BCUT2D eigenvalue weighted by molar-refractivity contribution is 4.99. The van der Waals surface area contributed by atoms with Crippen LogP contribution < -0.4 is 5.32 Å². The summed E-state index contributed by atoms with van der Waals surface area (Å²) in [6.07, 6.45) is 1.09. The quantitative estimate of drug-likeness (QED) is 0.832. The van der Waals surface area contributed by atoms with Gasteiger partial charge in [0.15, 0.2) is 0 Å². The van der Waals surface area contributed by atoms with Crippen molar-refractivity contribution in [2.75, 3.05) is 40.3 Å². The van der Waals surface area contributed by atoms with Crippen LogP contribution in [0.2, 0.25) is 0 Å². The van der Waals surface area contributed by atoms with Gasteiger partial charge in [0.1, 0.15) is 0 Å². The third kappa shape index (κ3) is 3.69. The minimum absolute atomic E-state index is 0.00355. The molecule has 2 heterocycles. The highest BCUT2D eigenvalue weighted by Gasteiger charge is 2.45. The first-order valence-electron chi connectivity index (χ1n) is 7.52. The molecule has 2 fully saturated rings. The lowest BCUT2D eigenvalue weighted by atomic mass is 9.94. The van der Waals surface area contributed by atoms with Gasteiger partial charge in [0.25, 0.3) is 0 Å². The minimum atomic E-state index is -0.0668. The van der Waals surface area contributed by atoms with Gasteiger partial charge in [-0.2, -0.15) is 0 Å². The predicted molar refractivity (Wildman–Crippen MR) is 79.6 cm³/mol. The molecular weight excluding hydrogens is 238 g/mol. The van der Waals surface area contributed by atoms with Crippen molar-refractivity contribution in [1.82, 2.24) is 15.1 Å². The molecule has 2 saturated heterocycles. The molecule has 0 saturated carbocycles. The maximum absolute atomic E-state index is 6.15. The van der Waals surface area contributed by atoms with Crippen LogP contribution in [0.4, 0.5) is 0 Å². The van der Waals surface area contributed by atoms with Crippen molar-refractivity contribution in [3.63, 3.8) is 0 Å². The molecule has 4 nitrogen and oxygen atoms in total. The molecule has 0 aromatic heterocycles. The van der Waals surface area contributed by atoms with Crippen LogP contribution in [0, 0.1) is 0 Å². The average molecular weight is 269 g/mol. The zero-order valence-corrected chi connectivity index (χ0v) is 13.5. The molecule has 2 aliphatic rings. The smallest absolute Gasteiger partial charge is 0.0787 e. The first-order chi connectivity index (χ1) is 8.70. The number of piperazine rings is 1. The SMILES string of the molecule is CN1CCN(C)C(CNC2CC(C)(C)OC2(C)C)C1. The fourth-order valence-corrected chi connectivity index (χ4v) is 3.48. The van der Waals surface area contributed by atoms with Crippen molar-refractivity contribution in [3.05, 3.63) is 0 Å². The zero-order valence-electron chi connectivity index (χ0n) is 13.5. The molecule has 0 bridgehead atoms. The molecule has 4 heteroatoms. The van der Waals surface area contributed by atoms with Crippen LogP contribution in [0.15, 0.2) is 0 Å². The molecule has 0 aromatic carbocycles. The normalized spacial score (nSPS) is 35.7. The van der Waals surface area contributed by atoms with E-state index in [-0.39, 0.29) is 11.2 Å². The number of likely N-dealkylation sites (N-methyl/N-ethyl adjacent to an activating group) is 2. The summed E-state index contributed by atoms with van der Waals surface area (Å²) in [5, 5.41) is 3.75. The van der Waals surface area contributed by atoms with Gasteiger partial charge in [-0.05, 0) is 48.2 Å². The number of hydrogen-bond donors (Lipinski definition) is 1. The summed E-state index contributed by atoms with van der Waals surface area (Å²) in [6.45, 7) is 13.3. The molecule has 0 amide bonds. The van der Waals surface area contributed by atoms with Crippen LogP contribution in [-0.2, 0) is 4.74 Å². The van der Waals surface area contributed by atoms with Crippen LogP contribution in [0.5, 0.6) is 0 Å². The highest BCUT2D eigenvalue weighted by Crippen LogP contribution is 2.37. The Kier molecular flexibility index (Phi) is 4.26. The van der Waals surface area contributed by atoms with Gasteiger partial charge in [-0.1, -0.05) is 0 Å². The Morgan fingerprint density at radius 2 is 1.84 bits per heavy atom. The Bertz CT molecular complexity index is 317. The minimum Gasteiger partial charge on any atom is -0.368 e. The molecule has 2 aliphatic heterocycles.